The van der Waals surface area contributed by atoms with E-state index < -0.39 is 0 Å². The quantitative estimate of drug-likeness (QED) is 0.739. The molecule has 0 aromatic carbocycles. The number of nitrogens with zero attached hydrogens (tertiary/aromatic N) is 1. The van der Waals surface area contributed by atoms with Crippen molar-refractivity contribution in [2.24, 2.45) is 11.7 Å². The normalized spacial score (nSPS) is 30.8. The van der Waals surface area contributed by atoms with Gasteiger partial charge in [0.15, 0.2) is 0 Å². The standard InChI is InChI=1S/C15H30N2O/c16-15-9-3-1-2-6-13(15)12-17(10-11-18)14-7-4-5-8-14/h13-15,18H,1-12,16H2. The minimum atomic E-state index is 0.290. The molecule has 3 heteroatoms. The Labute approximate surface area is 112 Å². The molecule has 0 amide bonds. The molecule has 0 heterocycles. The largest absolute Gasteiger partial charge is 0.395 e. The van der Waals surface area contributed by atoms with Crippen LogP contribution in [0.4, 0.5) is 0 Å². The van der Waals surface area contributed by atoms with Gasteiger partial charge in [0.1, 0.15) is 0 Å². The van der Waals surface area contributed by atoms with E-state index in [1.807, 2.05) is 0 Å². The number of rotatable bonds is 5. The van der Waals surface area contributed by atoms with Crippen molar-refractivity contribution in [1.82, 2.24) is 4.90 Å². The van der Waals surface area contributed by atoms with E-state index in [9.17, 15) is 5.11 Å². The summed E-state index contributed by atoms with van der Waals surface area (Å²) in [4.78, 5) is 2.53. The Bertz CT molecular complexity index is 229. The van der Waals surface area contributed by atoms with Gasteiger partial charge in [-0.2, -0.15) is 0 Å². The minimum Gasteiger partial charge on any atom is -0.395 e. The summed E-state index contributed by atoms with van der Waals surface area (Å²) in [7, 11) is 0. The molecule has 2 rings (SSSR count). The second kappa shape index (κ2) is 7.46. The van der Waals surface area contributed by atoms with E-state index >= 15 is 0 Å². The molecule has 2 aliphatic rings. The smallest absolute Gasteiger partial charge is 0.0558 e. The van der Waals surface area contributed by atoms with Crippen molar-refractivity contribution in [3.05, 3.63) is 0 Å². The lowest BCUT2D eigenvalue weighted by Crippen LogP contribution is -2.44. The van der Waals surface area contributed by atoms with Crippen molar-refractivity contribution < 1.29 is 5.11 Å². The zero-order chi connectivity index (χ0) is 12.8. The maximum Gasteiger partial charge on any atom is 0.0558 e. The fourth-order valence-electron chi connectivity index (χ4n) is 3.76. The summed E-state index contributed by atoms with van der Waals surface area (Å²) >= 11 is 0. The van der Waals surface area contributed by atoms with Crippen LogP contribution < -0.4 is 5.73 Å². The van der Waals surface area contributed by atoms with E-state index in [0.29, 0.717) is 24.6 Å². The molecule has 0 bridgehead atoms. The zero-order valence-electron chi connectivity index (χ0n) is 11.7. The second-order valence-corrected chi connectivity index (χ2v) is 6.22. The van der Waals surface area contributed by atoms with E-state index in [0.717, 1.165) is 13.1 Å². The highest BCUT2D eigenvalue weighted by molar-refractivity contribution is 4.84. The van der Waals surface area contributed by atoms with Gasteiger partial charge < -0.3 is 10.8 Å². The van der Waals surface area contributed by atoms with E-state index in [1.165, 1.54) is 57.8 Å². The van der Waals surface area contributed by atoms with Crippen LogP contribution in [-0.4, -0.2) is 41.8 Å². The molecular formula is C15H30N2O. The van der Waals surface area contributed by atoms with Gasteiger partial charge in [-0.05, 0) is 31.6 Å². The van der Waals surface area contributed by atoms with Gasteiger partial charge in [0.2, 0.25) is 0 Å². The molecule has 2 unspecified atom stereocenters. The molecular weight excluding hydrogens is 224 g/mol. The van der Waals surface area contributed by atoms with Crippen molar-refractivity contribution in [3.63, 3.8) is 0 Å². The number of aliphatic hydroxyl groups excluding tert-OH is 1. The summed E-state index contributed by atoms with van der Waals surface area (Å²) in [6, 6.07) is 1.10. The molecule has 3 nitrogen and oxygen atoms in total. The lowest BCUT2D eigenvalue weighted by atomic mass is 9.94. The van der Waals surface area contributed by atoms with Crippen LogP contribution in [0.3, 0.4) is 0 Å². The first-order chi connectivity index (χ1) is 8.81. The van der Waals surface area contributed by atoms with Gasteiger partial charge >= 0.3 is 0 Å². The Morgan fingerprint density at radius 1 is 0.944 bits per heavy atom. The van der Waals surface area contributed by atoms with Crippen LogP contribution in [0.25, 0.3) is 0 Å². The molecule has 2 saturated carbocycles. The molecule has 0 saturated heterocycles. The highest BCUT2D eigenvalue weighted by Crippen LogP contribution is 2.28. The fraction of sp³-hybridized carbons (Fsp3) is 1.00. The second-order valence-electron chi connectivity index (χ2n) is 6.22. The van der Waals surface area contributed by atoms with Crippen LogP contribution in [0.1, 0.15) is 57.8 Å². The van der Waals surface area contributed by atoms with Crippen molar-refractivity contribution in [2.45, 2.75) is 69.9 Å². The van der Waals surface area contributed by atoms with Crippen LogP contribution >= 0.6 is 0 Å². The maximum absolute atomic E-state index is 9.28. The number of aliphatic hydroxyl groups is 1. The Morgan fingerprint density at radius 2 is 1.61 bits per heavy atom. The Kier molecular flexibility index (Phi) is 5.93. The molecule has 18 heavy (non-hydrogen) atoms. The molecule has 0 spiro atoms. The lowest BCUT2D eigenvalue weighted by Gasteiger charge is -2.33. The van der Waals surface area contributed by atoms with Gasteiger partial charge in [-0.25, -0.2) is 0 Å². The third-order valence-corrected chi connectivity index (χ3v) is 4.92. The Balaban J connectivity index is 1.89. The molecule has 2 fully saturated rings. The van der Waals surface area contributed by atoms with Crippen molar-refractivity contribution in [2.75, 3.05) is 19.7 Å². The monoisotopic (exact) mass is 254 g/mol. The Hall–Kier alpha value is -0.120. The Morgan fingerprint density at radius 3 is 2.33 bits per heavy atom. The molecule has 3 N–H and O–H groups in total. The van der Waals surface area contributed by atoms with Gasteiger partial charge in [-0.1, -0.05) is 32.1 Å². The van der Waals surface area contributed by atoms with Crippen molar-refractivity contribution in [1.29, 1.82) is 0 Å². The topological polar surface area (TPSA) is 49.5 Å². The van der Waals surface area contributed by atoms with Crippen LogP contribution in [0, 0.1) is 5.92 Å². The first-order valence-electron chi connectivity index (χ1n) is 7.91. The molecule has 2 atom stereocenters. The highest BCUT2D eigenvalue weighted by atomic mass is 16.3. The van der Waals surface area contributed by atoms with Crippen molar-refractivity contribution in [3.8, 4) is 0 Å². The van der Waals surface area contributed by atoms with Crippen LogP contribution in [0.5, 0.6) is 0 Å². The predicted octanol–water partition coefficient (Wildman–Crippen LogP) is 2.13. The maximum atomic E-state index is 9.28. The first-order valence-corrected chi connectivity index (χ1v) is 7.91. The van der Waals surface area contributed by atoms with Gasteiger partial charge in [0, 0.05) is 25.2 Å². The van der Waals surface area contributed by atoms with E-state index in [4.69, 9.17) is 5.73 Å². The minimum absolute atomic E-state index is 0.290. The SMILES string of the molecule is NC1CCCCCC1CN(CCO)C1CCCC1. The highest BCUT2D eigenvalue weighted by Gasteiger charge is 2.27. The van der Waals surface area contributed by atoms with Gasteiger partial charge in [0.25, 0.3) is 0 Å². The fourth-order valence-corrected chi connectivity index (χ4v) is 3.76. The third-order valence-electron chi connectivity index (χ3n) is 4.92. The lowest BCUT2D eigenvalue weighted by molar-refractivity contribution is 0.122. The summed E-state index contributed by atoms with van der Waals surface area (Å²) in [5, 5.41) is 9.28. The van der Waals surface area contributed by atoms with E-state index in [1.54, 1.807) is 0 Å². The summed E-state index contributed by atoms with van der Waals surface area (Å²) in [6.07, 6.45) is 11.9. The number of hydrogen-bond donors (Lipinski definition) is 2. The summed E-state index contributed by atoms with van der Waals surface area (Å²) < 4.78 is 0. The molecule has 106 valence electrons. The average molecular weight is 254 g/mol. The average Bonchev–Trinajstić information content (AvgIpc) is 2.82. The van der Waals surface area contributed by atoms with Gasteiger partial charge in [-0.3, -0.25) is 4.90 Å². The van der Waals surface area contributed by atoms with Gasteiger partial charge in [0.05, 0.1) is 6.61 Å². The molecule has 0 radical (unpaired) electrons. The number of nitrogens with two attached hydrogens (primary N) is 1. The molecule has 0 aliphatic heterocycles. The zero-order valence-corrected chi connectivity index (χ0v) is 11.7. The van der Waals surface area contributed by atoms with Crippen LogP contribution in [-0.2, 0) is 0 Å². The summed E-state index contributed by atoms with van der Waals surface area (Å²) in [6.45, 7) is 2.25. The van der Waals surface area contributed by atoms with E-state index in [2.05, 4.69) is 4.90 Å². The van der Waals surface area contributed by atoms with Crippen molar-refractivity contribution >= 4 is 0 Å². The number of hydrogen-bond acceptors (Lipinski definition) is 3. The summed E-state index contributed by atoms with van der Waals surface area (Å²) in [5.41, 5.74) is 6.33. The van der Waals surface area contributed by atoms with E-state index in [-0.39, 0.29) is 0 Å². The first kappa shape index (κ1) is 14.3. The molecule has 2 aliphatic carbocycles. The molecule has 0 aromatic heterocycles. The van der Waals surface area contributed by atoms with Crippen LogP contribution in [0.15, 0.2) is 0 Å². The summed E-state index contributed by atoms with van der Waals surface area (Å²) in [5.74, 6) is 0.652. The third kappa shape index (κ3) is 3.94. The molecule has 0 aromatic rings. The predicted molar refractivity (Wildman–Crippen MR) is 75.5 cm³/mol. The van der Waals surface area contributed by atoms with Crippen LogP contribution in [0.2, 0.25) is 0 Å². The van der Waals surface area contributed by atoms with Gasteiger partial charge in [-0.15, -0.1) is 0 Å².